The van der Waals surface area contributed by atoms with E-state index in [2.05, 4.69) is 0 Å². The Morgan fingerprint density at radius 1 is 1.12 bits per heavy atom. The third-order valence-corrected chi connectivity index (χ3v) is 3.71. The highest BCUT2D eigenvalue weighted by Gasteiger charge is 2.35. The Bertz CT molecular complexity index is 708. The van der Waals surface area contributed by atoms with E-state index in [-0.39, 0.29) is 6.10 Å². The lowest BCUT2D eigenvalue weighted by molar-refractivity contribution is -0.147. The van der Waals surface area contributed by atoms with Crippen molar-refractivity contribution in [3.63, 3.8) is 0 Å². The molecule has 0 aromatic heterocycles. The van der Waals surface area contributed by atoms with Crippen molar-refractivity contribution in [1.82, 2.24) is 0 Å². The second-order valence-electron chi connectivity index (χ2n) is 5.68. The standard InChI is InChI=1S/C19H18O5/c1-13-11-17(19(21)23-13)24-18(20)15-7-9-16(10-8-15)22-12-14-5-3-2-4-6-14/h2-10,13,17H,11-12H2,1H3/t13-,17+/m0/s1. The summed E-state index contributed by atoms with van der Waals surface area (Å²) < 4.78 is 15.8. The van der Waals surface area contributed by atoms with E-state index in [4.69, 9.17) is 14.2 Å². The molecule has 0 radical (unpaired) electrons. The van der Waals surface area contributed by atoms with E-state index >= 15 is 0 Å². The molecular formula is C19H18O5. The van der Waals surface area contributed by atoms with Gasteiger partial charge in [0.15, 0.2) is 0 Å². The molecule has 0 spiro atoms. The number of benzene rings is 2. The van der Waals surface area contributed by atoms with Gasteiger partial charge < -0.3 is 14.2 Å². The number of rotatable bonds is 5. The zero-order valence-electron chi connectivity index (χ0n) is 13.3. The van der Waals surface area contributed by atoms with Crippen molar-refractivity contribution in [2.45, 2.75) is 32.2 Å². The molecule has 24 heavy (non-hydrogen) atoms. The van der Waals surface area contributed by atoms with Crippen LogP contribution in [0.15, 0.2) is 54.6 Å². The summed E-state index contributed by atoms with van der Waals surface area (Å²) in [5.74, 6) is -0.372. The van der Waals surface area contributed by atoms with Crippen molar-refractivity contribution in [2.75, 3.05) is 0 Å². The van der Waals surface area contributed by atoms with Crippen LogP contribution in [0.3, 0.4) is 0 Å². The minimum Gasteiger partial charge on any atom is -0.489 e. The Morgan fingerprint density at radius 2 is 1.83 bits per heavy atom. The monoisotopic (exact) mass is 326 g/mol. The summed E-state index contributed by atoms with van der Waals surface area (Å²) >= 11 is 0. The fourth-order valence-corrected chi connectivity index (χ4v) is 2.44. The van der Waals surface area contributed by atoms with Crippen molar-refractivity contribution >= 4 is 11.9 Å². The molecule has 0 unspecified atom stereocenters. The predicted molar refractivity (Wildman–Crippen MR) is 86.6 cm³/mol. The third kappa shape index (κ3) is 3.93. The van der Waals surface area contributed by atoms with Gasteiger partial charge in [-0.25, -0.2) is 9.59 Å². The van der Waals surface area contributed by atoms with Gasteiger partial charge in [-0.05, 0) is 36.8 Å². The van der Waals surface area contributed by atoms with E-state index < -0.39 is 18.0 Å². The third-order valence-electron chi connectivity index (χ3n) is 3.71. The van der Waals surface area contributed by atoms with Crippen molar-refractivity contribution < 1.29 is 23.8 Å². The maximum atomic E-state index is 12.1. The molecule has 0 saturated carbocycles. The van der Waals surface area contributed by atoms with Crippen LogP contribution in [0.2, 0.25) is 0 Å². The maximum Gasteiger partial charge on any atom is 0.347 e. The molecule has 0 aliphatic carbocycles. The van der Waals surface area contributed by atoms with Gasteiger partial charge >= 0.3 is 11.9 Å². The molecule has 0 N–H and O–H groups in total. The predicted octanol–water partition coefficient (Wildman–Crippen LogP) is 3.13. The Labute approximate surface area is 140 Å². The van der Waals surface area contributed by atoms with E-state index in [0.29, 0.717) is 24.3 Å². The Kier molecular flexibility index (Phi) is 4.79. The molecule has 1 aliphatic rings. The first-order chi connectivity index (χ1) is 11.6. The lowest BCUT2D eigenvalue weighted by Crippen LogP contribution is -2.22. The maximum absolute atomic E-state index is 12.1. The Hall–Kier alpha value is -2.82. The molecule has 2 atom stereocenters. The number of carbonyl (C=O) groups is 2. The quantitative estimate of drug-likeness (QED) is 0.790. The van der Waals surface area contributed by atoms with Crippen LogP contribution in [-0.4, -0.2) is 24.1 Å². The summed E-state index contributed by atoms with van der Waals surface area (Å²) in [5.41, 5.74) is 1.43. The van der Waals surface area contributed by atoms with Crippen LogP contribution in [0.1, 0.15) is 29.3 Å². The highest BCUT2D eigenvalue weighted by molar-refractivity contribution is 5.91. The molecule has 1 heterocycles. The fourth-order valence-electron chi connectivity index (χ4n) is 2.44. The molecule has 1 aliphatic heterocycles. The summed E-state index contributed by atoms with van der Waals surface area (Å²) in [5, 5.41) is 0. The Balaban J connectivity index is 1.56. The minimum absolute atomic E-state index is 0.218. The van der Waals surface area contributed by atoms with Gasteiger partial charge in [0.05, 0.1) is 5.56 Å². The summed E-state index contributed by atoms with van der Waals surface area (Å²) in [6, 6.07) is 16.5. The minimum atomic E-state index is -0.818. The number of ether oxygens (including phenoxy) is 3. The number of hydrogen-bond acceptors (Lipinski definition) is 5. The molecule has 0 amide bonds. The van der Waals surface area contributed by atoms with Gasteiger partial charge in [0.1, 0.15) is 18.5 Å². The van der Waals surface area contributed by atoms with Crippen LogP contribution in [0.4, 0.5) is 0 Å². The smallest absolute Gasteiger partial charge is 0.347 e. The summed E-state index contributed by atoms with van der Waals surface area (Å²) in [6.07, 6.45) is -0.645. The zero-order chi connectivity index (χ0) is 16.9. The van der Waals surface area contributed by atoms with Crippen molar-refractivity contribution in [3.8, 4) is 5.75 Å². The summed E-state index contributed by atoms with van der Waals surface area (Å²) in [6.45, 7) is 2.22. The molecular weight excluding hydrogens is 308 g/mol. The topological polar surface area (TPSA) is 61.8 Å². The van der Waals surface area contributed by atoms with Gasteiger partial charge in [-0.2, -0.15) is 0 Å². The molecule has 124 valence electrons. The average molecular weight is 326 g/mol. The first kappa shape index (κ1) is 16.1. The van der Waals surface area contributed by atoms with Crippen LogP contribution in [0.5, 0.6) is 5.75 Å². The molecule has 2 aromatic rings. The second kappa shape index (κ2) is 7.17. The van der Waals surface area contributed by atoms with Gasteiger partial charge in [-0.1, -0.05) is 30.3 Å². The zero-order valence-corrected chi connectivity index (χ0v) is 13.3. The lowest BCUT2D eigenvalue weighted by Gasteiger charge is -2.09. The number of cyclic esters (lactones) is 1. The van der Waals surface area contributed by atoms with E-state index in [1.165, 1.54) is 0 Å². The largest absolute Gasteiger partial charge is 0.489 e. The van der Waals surface area contributed by atoms with Crippen LogP contribution < -0.4 is 4.74 Å². The lowest BCUT2D eigenvalue weighted by atomic mass is 10.2. The average Bonchev–Trinajstić information content (AvgIpc) is 2.91. The SMILES string of the molecule is C[C@H]1C[C@@H](OC(=O)c2ccc(OCc3ccccc3)cc2)C(=O)O1. The molecule has 5 nitrogen and oxygen atoms in total. The molecule has 1 saturated heterocycles. The van der Waals surface area contributed by atoms with E-state index in [1.807, 2.05) is 30.3 Å². The van der Waals surface area contributed by atoms with Crippen molar-refractivity contribution in [1.29, 1.82) is 0 Å². The number of carbonyl (C=O) groups excluding carboxylic acids is 2. The highest BCUT2D eigenvalue weighted by Crippen LogP contribution is 2.20. The van der Waals surface area contributed by atoms with Crippen molar-refractivity contribution in [2.24, 2.45) is 0 Å². The number of hydrogen-bond donors (Lipinski definition) is 0. The van der Waals surface area contributed by atoms with Crippen LogP contribution in [0, 0.1) is 0 Å². The highest BCUT2D eigenvalue weighted by atomic mass is 16.6. The van der Waals surface area contributed by atoms with E-state index in [9.17, 15) is 9.59 Å². The van der Waals surface area contributed by atoms with Crippen LogP contribution in [-0.2, 0) is 20.9 Å². The van der Waals surface area contributed by atoms with Crippen molar-refractivity contribution in [3.05, 3.63) is 65.7 Å². The summed E-state index contributed by atoms with van der Waals surface area (Å²) in [7, 11) is 0. The molecule has 3 rings (SSSR count). The molecule has 1 fully saturated rings. The van der Waals surface area contributed by atoms with Gasteiger partial charge in [-0.3, -0.25) is 0 Å². The molecule has 0 bridgehead atoms. The van der Waals surface area contributed by atoms with Crippen LogP contribution >= 0.6 is 0 Å². The second-order valence-corrected chi connectivity index (χ2v) is 5.68. The van der Waals surface area contributed by atoms with Gasteiger partial charge in [-0.15, -0.1) is 0 Å². The van der Waals surface area contributed by atoms with Gasteiger partial charge in [0.25, 0.3) is 0 Å². The fraction of sp³-hybridized carbons (Fsp3) is 0.263. The molecule has 2 aromatic carbocycles. The normalized spacial score (nSPS) is 19.6. The Morgan fingerprint density at radius 3 is 2.46 bits per heavy atom. The van der Waals surface area contributed by atoms with E-state index in [1.54, 1.807) is 31.2 Å². The first-order valence-electron chi connectivity index (χ1n) is 7.80. The summed E-state index contributed by atoms with van der Waals surface area (Å²) in [4.78, 5) is 23.6. The molecule has 5 heteroatoms. The van der Waals surface area contributed by atoms with Gasteiger partial charge in [0, 0.05) is 6.42 Å². The first-order valence-corrected chi connectivity index (χ1v) is 7.80. The van der Waals surface area contributed by atoms with Gasteiger partial charge in [0.2, 0.25) is 6.10 Å². The van der Waals surface area contributed by atoms with E-state index in [0.717, 1.165) is 5.56 Å². The van der Waals surface area contributed by atoms with Crippen LogP contribution in [0.25, 0.3) is 0 Å². The number of esters is 2.